The summed E-state index contributed by atoms with van der Waals surface area (Å²) in [6.07, 6.45) is 1.62. The normalized spacial score (nSPS) is 12.0. The average Bonchev–Trinajstić information content (AvgIpc) is 2.22. The second-order valence-electron chi connectivity index (χ2n) is 3.86. The van der Waals surface area contributed by atoms with Crippen molar-refractivity contribution in [1.82, 2.24) is 14.9 Å². The van der Waals surface area contributed by atoms with Crippen molar-refractivity contribution in [2.24, 2.45) is 0 Å². The van der Waals surface area contributed by atoms with Gasteiger partial charge in [0.2, 0.25) is 11.9 Å². The lowest BCUT2D eigenvalue weighted by Crippen LogP contribution is -2.37. The van der Waals surface area contributed by atoms with Crippen LogP contribution in [0.1, 0.15) is 12.5 Å². The van der Waals surface area contributed by atoms with Crippen LogP contribution in [0.15, 0.2) is 6.20 Å². The minimum absolute atomic E-state index is 0.0171. The summed E-state index contributed by atoms with van der Waals surface area (Å²) in [6, 6.07) is -0.344. The molecule has 0 fully saturated rings. The third-order valence-corrected chi connectivity index (χ3v) is 2.15. The number of carbonyl (C=O) groups is 1. The Labute approximate surface area is 94.9 Å². The van der Waals surface area contributed by atoms with Gasteiger partial charge >= 0.3 is 0 Å². The van der Waals surface area contributed by atoms with Gasteiger partial charge in [0.15, 0.2) is 0 Å². The smallest absolute Gasteiger partial charge is 0.244 e. The summed E-state index contributed by atoms with van der Waals surface area (Å²) in [4.78, 5) is 21.1. The molecule has 16 heavy (non-hydrogen) atoms. The quantitative estimate of drug-likeness (QED) is 0.767. The van der Waals surface area contributed by atoms with Crippen LogP contribution in [-0.2, 0) is 4.79 Å². The molecule has 1 rings (SSSR count). The van der Waals surface area contributed by atoms with Crippen molar-refractivity contribution in [3.05, 3.63) is 11.8 Å². The third-order valence-electron chi connectivity index (χ3n) is 2.15. The van der Waals surface area contributed by atoms with Crippen molar-refractivity contribution >= 4 is 17.7 Å². The fraction of sp³-hybridized carbons (Fsp3) is 0.500. The second kappa shape index (κ2) is 4.78. The van der Waals surface area contributed by atoms with Crippen molar-refractivity contribution in [3.8, 4) is 0 Å². The summed E-state index contributed by atoms with van der Waals surface area (Å²) in [5.41, 5.74) is 6.34. The highest BCUT2D eigenvalue weighted by Gasteiger charge is 2.15. The van der Waals surface area contributed by atoms with Crippen molar-refractivity contribution in [2.45, 2.75) is 19.9 Å². The molecule has 1 amide bonds. The Kier molecular flexibility index (Phi) is 3.65. The fourth-order valence-electron chi connectivity index (χ4n) is 1.26. The number of hydrogen-bond acceptors (Lipinski definition) is 5. The van der Waals surface area contributed by atoms with Crippen LogP contribution < -0.4 is 11.1 Å². The maximum absolute atomic E-state index is 11.6. The molecule has 0 bridgehead atoms. The number of nitrogens with zero attached hydrogens (tertiary/aromatic N) is 3. The number of nitrogens with two attached hydrogens (primary N) is 1. The van der Waals surface area contributed by atoms with Crippen LogP contribution >= 0.6 is 0 Å². The SMILES string of the molecule is Cc1cnc(N)nc1NC(C)C(=O)N(C)C. The van der Waals surface area contributed by atoms with Crippen LogP contribution in [0, 0.1) is 6.92 Å². The number of amides is 1. The topological polar surface area (TPSA) is 84.1 Å². The van der Waals surface area contributed by atoms with E-state index in [0.29, 0.717) is 5.82 Å². The molecule has 0 radical (unpaired) electrons. The summed E-state index contributed by atoms with van der Waals surface area (Å²) in [6.45, 7) is 3.63. The first kappa shape index (κ1) is 12.2. The van der Waals surface area contributed by atoms with Gasteiger partial charge in [0.1, 0.15) is 11.9 Å². The first-order chi connectivity index (χ1) is 7.41. The molecule has 0 aromatic carbocycles. The number of nitrogens with one attached hydrogen (secondary N) is 1. The Hall–Kier alpha value is -1.85. The van der Waals surface area contributed by atoms with E-state index in [0.717, 1.165) is 5.56 Å². The van der Waals surface area contributed by atoms with E-state index in [4.69, 9.17) is 5.73 Å². The molecule has 0 aliphatic heterocycles. The molecule has 6 heteroatoms. The lowest BCUT2D eigenvalue weighted by atomic mass is 10.2. The Bertz CT molecular complexity index is 391. The Morgan fingerprint density at radius 2 is 2.19 bits per heavy atom. The van der Waals surface area contributed by atoms with Gasteiger partial charge in [0.25, 0.3) is 0 Å². The lowest BCUT2D eigenvalue weighted by molar-refractivity contribution is -0.129. The van der Waals surface area contributed by atoms with Gasteiger partial charge < -0.3 is 16.0 Å². The summed E-state index contributed by atoms with van der Waals surface area (Å²) in [7, 11) is 3.42. The fourth-order valence-corrected chi connectivity index (χ4v) is 1.26. The average molecular weight is 223 g/mol. The first-order valence-corrected chi connectivity index (χ1v) is 4.98. The van der Waals surface area contributed by atoms with Gasteiger partial charge in [-0.3, -0.25) is 4.79 Å². The molecule has 1 atom stereocenters. The minimum atomic E-state index is -0.344. The van der Waals surface area contributed by atoms with Crippen molar-refractivity contribution in [1.29, 1.82) is 0 Å². The Morgan fingerprint density at radius 1 is 1.56 bits per heavy atom. The molecule has 1 unspecified atom stereocenters. The largest absolute Gasteiger partial charge is 0.368 e. The zero-order chi connectivity index (χ0) is 12.3. The van der Waals surface area contributed by atoms with Gasteiger partial charge in [-0.05, 0) is 13.8 Å². The molecular formula is C10H17N5O. The number of hydrogen-bond donors (Lipinski definition) is 2. The van der Waals surface area contributed by atoms with Crippen LogP contribution in [0.3, 0.4) is 0 Å². The number of carbonyl (C=O) groups excluding carboxylic acids is 1. The number of aromatic nitrogens is 2. The van der Waals surface area contributed by atoms with E-state index in [1.165, 1.54) is 4.90 Å². The van der Waals surface area contributed by atoms with Crippen LogP contribution in [0.25, 0.3) is 0 Å². The maximum Gasteiger partial charge on any atom is 0.244 e. The highest BCUT2D eigenvalue weighted by Crippen LogP contribution is 2.12. The molecule has 1 aromatic rings. The zero-order valence-corrected chi connectivity index (χ0v) is 9.98. The maximum atomic E-state index is 11.6. The standard InChI is InChI=1S/C10H17N5O/c1-6-5-12-10(11)14-8(6)13-7(2)9(16)15(3)4/h5,7H,1-4H3,(H3,11,12,13,14). The van der Waals surface area contributed by atoms with Gasteiger partial charge in [-0.25, -0.2) is 4.98 Å². The molecule has 1 heterocycles. The number of anilines is 2. The van der Waals surface area contributed by atoms with Crippen molar-refractivity contribution in [3.63, 3.8) is 0 Å². The third kappa shape index (κ3) is 2.82. The summed E-state index contributed by atoms with van der Waals surface area (Å²) in [5.74, 6) is 0.768. The molecule has 0 saturated carbocycles. The number of nitrogen functional groups attached to an aromatic ring is 1. The number of likely N-dealkylation sites (N-methyl/N-ethyl adjacent to an activating group) is 1. The van der Waals surface area contributed by atoms with Crippen LogP contribution in [0.4, 0.5) is 11.8 Å². The summed E-state index contributed by atoms with van der Waals surface area (Å²) >= 11 is 0. The number of rotatable bonds is 3. The number of aryl methyl sites for hydroxylation is 1. The van der Waals surface area contributed by atoms with E-state index in [-0.39, 0.29) is 17.9 Å². The van der Waals surface area contributed by atoms with Crippen LogP contribution in [0.2, 0.25) is 0 Å². The Balaban J connectivity index is 2.80. The van der Waals surface area contributed by atoms with Gasteiger partial charge in [-0.1, -0.05) is 0 Å². The van der Waals surface area contributed by atoms with Crippen molar-refractivity contribution in [2.75, 3.05) is 25.1 Å². The van der Waals surface area contributed by atoms with Gasteiger partial charge in [0.05, 0.1) is 0 Å². The zero-order valence-electron chi connectivity index (χ0n) is 9.98. The van der Waals surface area contributed by atoms with E-state index < -0.39 is 0 Å². The van der Waals surface area contributed by atoms with Gasteiger partial charge in [0, 0.05) is 25.9 Å². The van der Waals surface area contributed by atoms with Gasteiger partial charge in [-0.2, -0.15) is 4.98 Å². The molecular weight excluding hydrogens is 206 g/mol. The minimum Gasteiger partial charge on any atom is -0.368 e. The van der Waals surface area contributed by atoms with E-state index >= 15 is 0 Å². The monoisotopic (exact) mass is 223 g/mol. The van der Waals surface area contributed by atoms with E-state index in [2.05, 4.69) is 15.3 Å². The van der Waals surface area contributed by atoms with Crippen LogP contribution in [0.5, 0.6) is 0 Å². The van der Waals surface area contributed by atoms with E-state index in [1.54, 1.807) is 27.2 Å². The highest BCUT2D eigenvalue weighted by molar-refractivity contribution is 5.83. The van der Waals surface area contributed by atoms with E-state index in [1.807, 2.05) is 6.92 Å². The van der Waals surface area contributed by atoms with Crippen LogP contribution in [-0.4, -0.2) is 40.9 Å². The van der Waals surface area contributed by atoms with Crippen molar-refractivity contribution < 1.29 is 4.79 Å². The molecule has 6 nitrogen and oxygen atoms in total. The molecule has 0 aliphatic carbocycles. The molecule has 88 valence electrons. The molecule has 1 aromatic heterocycles. The first-order valence-electron chi connectivity index (χ1n) is 4.98. The molecule has 3 N–H and O–H groups in total. The second-order valence-corrected chi connectivity index (χ2v) is 3.86. The summed E-state index contributed by atoms with van der Waals surface area (Å²) in [5, 5.41) is 3.01. The molecule has 0 spiro atoms. The highest BCUT2D eigenvalue weighted by atomic mass is 16.2. The lowest BCUT2D eigenvalue weighted by Gasteiger charge is -2.19. The van der Waals surface area contributed by atoms with E-state index in [9.17, 15) is 4.79 Å². The summed E-state index contributed by atoms with van der Waals surface area (Å²) < 4.78 is 0. The van der Waals surface area contributed by atoms with Gasteiger partial charge in [-0.15, -0.1) is 0 Å². The Morgan fingerprint density at radius 3 is 2.75 bits per heavy atom. The molecule has 0 aliphatic rings. The molecule has 0 saturated heterocycles. The predicted octanol–water partition coefficient (Wildman–Crippen LogP) is 0.256. The predicted molar refractivity (Wildman–Crippen MR) is 63.0 cm³/mol.